The maximum atomic E-state index is 14.2. The molecule has 25 heavy (non-hydrogen) atoms. The van der Waals surface area contributed by atoms with Crippen LogP contribution in [0.4, 0.5) is 4.39 Å². The van der Waals surface area contributed by atoms with Crippen LogP contribution in [-0.2, 0) is 6.42 Å². The molecule has 5 heteroatoms. The van der Waals surface area contributed by atoms with Gasteiger partial charge in [-0.2, -0.15) is 4.39 Å². The van der Waals surface area contributed by atoms with Gasteiger partial charge in [-0.05, 0) is 29.5 Å². The van der Waals surface area contributed by atoms with Crippen molar-refractivity contribution < 1.29 is 9.50 Å². The molecule has 1 aliphatic rings. The first kappa shape index (κ1) is 16.6. The van der Waals surface area contributed by atoms with Gasteiger partial charge >= 0.3 is 0 Å². The number of rotatable bonds is 5. The number of aromatic nitrogens is 1. The molecule has 3 heterocycles. The first-order valence-corrected chi connectivity index (χ1v) is 9.46. The van der Waals surface area contributed by atoms with Crippen LogP contribution in [0, 0.1) is 5.95 Å². The van der Waals surface area contributed by atoms with Gasteiger partial charge in [0.1, 0.15) is 0 Å². The number of hydrogen-bond donors (Lipinski definition) is 1. The zero-order chi connectivity index (χ0) is 17.4. The van der Waals surface area contributed by atoms with Gasteiger partial charge in [0, 0.05) is 46.9 Å². The number of likely N-dealkylation sites (tertiary alicyclic amines) is 1. The van der Waals surface area contributed by atoms with Crippen molar-refractivity contribution in [2.75, 3.05) is 19.6 Å². The molecule has 0 saturated carbocycles. The molecule has 0 radical (unpaired) electrons. The Morgan fingerprint density at radius 2 is 2.08 bits per heavy atom. The van der Waals surface area contributed by atoms with Gasteiger partial charge in [-0.1, -0.05) is 31.2 Å². The third kappa shape index (κ3) is 3.19. The van der Waals surface area contributed by atoms with Crippen molar-refractivity contribution in [3.8, 4) is 0 Å². The summed E-state index contributed by atoms with van der Waals surface area (Å²) in [6.45, 7) is 4.50. The first-order chi connectivity index (χ1) is 12.1. The minimum atomic E-state index is -0.387. The van der Waals surface area contributed by atoms with E-state index in [1.165, 1.54) is 26.7 Å². The molecule has 130 valence electrons. The van der Waals surface area contributed by atoms with E-state index in [-0.39, 0.29) is 18.0 Å². The Labute approximate surface area is 150 Å². The second-order valence-electron chi connectivity index (χ2n) is 6.70. The SMILES string of the molecule is C[C@@H](c1cccnc1F)c1c(CCN2CC(O)C2)sc2ccccc12. The van der Waals surface area contributed by atoms with Gasteiger partial charge in [0.15, 0.2) is 0 Å². The number of benzene rings is 1. The lowest BCUT2D eigenvalue weighted by molar-refractivity contribution is 0.00319. The van der Waals surface area contributed by atoms with E-state index in [0.717, 1.165) is 26.1 Å². The zero-order valence-electron chi connectivity index (χ0n) is 14.2. The molecule has 1 aliphatic heterocycles. The summed E-state index contributed by atoms with van der Waals surface area (Å²) in [5.74, 6) is -0.427. The van der Waals surface area contributed by atoms with E-state index >= 15 is 0 Å². The summed E-state index contributed by atoms with van der Waals surface area (Å²) in [5.41, 5.74) is 1.86. The predicted octanol–water partition coefficient (Wildman–Crippen LogP) is 3.81. The molecule has 3 aromatic rings. The lowest BCUT2D eigenvalue weighted by Crippen LogP contribution is -2.51. The van der Waals surface area contributed by atoms with E-state index < -0.39 is 0 Å². The van der Waals surface area contributed by atoms with Gasteiger partial charge in [0.05, 0.1) is 6.10 Å². The molecule has 1 N–H and O–H groups in total. The number of hydrogen-bond acceptors (Lipinski definition) is 4. The maximum Gasteiger partial charge on any atom is 0.216 e. The van der Waals surface area contributed by atoms with Crippen LogP contribution in [0.5, 0.6) is 0 Å². The fourth-order valence-corrected chi connectivity index (χ4v) is 4.93. The maximum absolute atomic E-state index is 14.2. The van der Waals surface area contributed by atoms with Crippen molar-refractivity contribution in [1.29, 1.82) is 0 Å². The lowest BCUT2D eigenvalue weighted by atomic mass is 9.91. The van der Waals surface area contributed by atoms with E-state index in [2.05, 4.69) is 28.9 Å². The lowest BCUT2D eigenvalue weighted by Gasteiger charge is -2.35. The highest BCUT2D eigenvalue weighted by Crippen LogP contribution is 2.39. The Morgan fingerprint density at radius 3 is 2.84 bits per heavy atom. The summed E-state index contributed by atoms with van der Waals surface area (Å²) in [4.78, 5) is 7.39. The Kier molecular flexibility index (Phi) is 4.54. The van der Waals surface area contributed by atoms with Crippen molar-refractivity contribution in [1.82, 2.24) is 9.88 Å². The summed E-state index contributed by atoms with van der Waals surface area (Å²) in [5, 5.41) is 10.7. The molecule has 1 aromatic carbocycles. The number of fused-ring (bicyclic) bond motifs is 1. The van der Waals surface area contributed by atoms with Crippen molar-refractivity contribution in [3.05, 3.63) is 64.5 Å². The van der Waals surface area contributed by atoms with Crippen LogP contribution in [0.2, 0.25) is 0 Å². The van der Waals surface area contributed by atoms with Gasteiger partial charge in [0.2, 0.25) is 5.95 Å². The van der Waals surface area contributed by atoms with E-state index in [4.69, 9.17) is 0 Å². The smallest absolute Gasteiger partial charge is 0.216 e. The van der Waals surface area contributed by atoms with Crippen LogP contribution in [0.1, 0.15) is 28.8 Å². The van der Waals surface area contributed by atoms with Crippen LogP contribution in [0.3, 0.4) is 0 Å². The van der Waals surface area contributed by atoms with Crippen molar-refractivity contribution in [2.24, 2.45) is 0 Å². The molecule has 0 unspecified atom stereocenters. The predicted molar refractivity (Wildman–Crippen MR) is 99.7 cm³/mol. The summed E-state index contributed by atoms with van der Waals surface area (Å²) in [6.07, 6.45) is 2.24. The molecule has 1 saturated heterocycles. The molecule has 4 rings (SSSR count). The minimum Gasteiger partial charge on any atom is -0.390 e. The first-order valence-electron chi connectivity index (χ1n) is 8.64. The van der Waals surface area contributed by atoms with Gasteiger partial charge in [-0.15, -0.1) is 11.3 Å². The van der Waals surface area contributed by atoms with Gasteiger partial charge in [0.25, 0.3) is 0 Å². The minimum absolute atomic E-state index is 0.0400. The number of aliphatic hydroxyl groups excluding tert-OH is 1. The average molecular weight is 356 g/mol. The number of pyridine rings is 1. The van der Waals surface area contributed by atoms with Crippen LogP contribution < -0.4 is 0 Å². The molecule has 2 aromatic heterocycles. The zero-order valence-corrected chi connectivity index (χ0v) is 15.0. The molecule has 1 atom stereocenters. The van der Waals surface area contributed by atoms with Crippen molar-refractivity contribution in [3.63, 3.8) is 0 Å². The second kappa shape index (κ2) is 6.83. The highest BCUT2D eigenvalue weighted by atomic mass is 32.1. The van der Waals surface area contributed by atoms with E-state index in [1.54, 1.807) is 17.4 Å². The van der Waals surface area contributed by atoms with Gasteiger partial charge in [-0.3, -0.25) is 4.90 Å². The van der Waals surface area contributed by atoms with Crippen LogP contribution in [-0.4, -0.2) is 40.7 Å². The average Bonchev–Trinajstić information content (AvgIpc) is 2.96. The summed E-state index contributed by atoms with van der Waals surface area (Å²) < 4.78 is 15.5. The summed E-state index contributed by atoms with van der Waals surface area (Å²) >= 11 is 1.80. The quantitative estimate of drug-likeness (QED) is 0.706. The third-order valence-electron chi connectivity index (χ3n) is 4.99. The number of β-amino-alcohol motifs (C(OH)–C–C–N with tert-alkyl or cyclic N) is 1. The van der Waals surface area contributed by atoms with Crippen LogP contribution in [0.15, 0.2) is 42.6 Å². The van der Waals surface area contributed by atoms with Gasteiger partial charge < -0.3 is 5.11 Å². The Bertz CT molecular complexity index is 888. The van der Waals surface area contributed by atoms with E-state index in [1.807, 2.05) is 18.2 Å². The molecular weight excluding hydrogens is 335 g/mol. The molecule has 3 nitrogen and oxygen atoms in total. The standard InChI is InChI=1S/C20H21FN2OS/c1-13(15-6-4-9-22-20(15)21)19-16-5-2-3-7-17(16)25-18(19)8-10-23-11-14(24)12-23/h2-7,9,13-14,24H,8,10-12H2,1H3/t13-/m0/s1. The fraction of sp³-hybridized carbons (Fsp3) is 0.350. The van der Waals surface area contributed by atoms with Crippen molar-refractivity contribution >= 4 is 21.4 Å². The fourth-order valence-electron chi connectivity index (χ4n) is 3.64. The molecule has 0 aliphatic carbocycles. The second-order valence-corrected chi connectivity index (χ2v) is 7.84. The largest absolute Gasteiger partial charge is 0.390 e. The monoisotopic (exact) mass is 356 g/mol. The van der Waals surface area contributed by atoms with Crippen molar-refractivity contribution in [2.45, 2.75) is 25.4 Å². The Hall–Kier alpha value is -1.82. The number of nitrogens with zero attached hydrogens (tertiary/aromatic N) is 2. The van der Waals surface area contributed by atoms with E-state index in [0.29, 0.717) is 5.56 Å². The molecule has 0 bridgehead atoms. The molecule has 1 fully saturated rings. The topological polar surface area (TPSA) is 36.4 Å². The summed E-state index contributed by atoms with van der Waals surface area (Å²) in [6, 6.07) is 12.0. The Morgan fingerprint density at radius 1 is 1.28 bits per heavy atom. The van der Waals surface area contributed by atoms with Crippen LogP contribution in [0.25, 0.3) is 10.1 Å². The normalized spacial score (nSPS) is 16.9. The summed E-state index contributed by atoms with van der Waals surface area (Å²) in [7, 11) is 0. The highest BCUT2D eigenvalue weighted by molar-refractivity contribution is 7.19. The third-order valence-corrected chi connectivity index (χ3v) is 6.24. The number of thiophene rings is 1. The van der Waals surface area contributed by atoms with Crippen LogP contribution >= 0.6 is 11.3 Å². The molecule has 0 amide bonds. The highest BCUT2D eigenvalue weighted by Gasteiger charge is 2.26. The van der Waals surface area contributed by atoms with E-state index in [9.17, 15) is 9.50 Å². The Balaban J connectivity index is 1.70. The molecule has 0 spiro atoms. The van der Waals surface area contributed by atoms with Gasteiger partial charge in [-0.25, -0.2) is 4.98 Å². The number of halogens is 1. The molecular formula is C20H21FN2OS. The number of aliphatic hydroxyl groups is 1.